The maximum absolute atomic E-state index is 15.1. The normalized spacial score (nSPS) is 29.4. The van der Waals surface area contributed by atoms with Gasteiger partial charge >= 0.3 is 0 Å². The van der Waals surface area contributed by atoms with Crippen LogP contribution in [0.5, 0.6) is 5.75 Å². The number of fused-ring (bicyclic) bond motifs is 4. The second kappa shape index (κ2) is 13.7. The molecule has 11 nitrogen and oxygen atoms in total. The highest BCUT2D eigenvalue weighted by Gasteiger charge is 2.45. The quantitative estimate of drug-likeness (QED) is 0.327. The van der Waals surface area contributed by atoms with E-state index in [9.17, 15) is 9.59 Å². The molecule has 2 bridgehead atoms. The third-order valence-corrected chi connectivity index (χ3v) is 13.3. The van der Waals surface area contributed by atoms with Gasteiger partial charge < -0.3 is 19.1 Å². The molecule has 0 saturated heterocycles. The van der Waals surface area contributed by atoms with Gasteiger partial charge in [-0.05, 0) is 106 Å². The van der Waals surface area contributed by atoms with Crippen molar-refractivity contribution in [3.05, 3.63) is 82.2 Å². The molecule has 2 aromatic carbocycles. The van der Waals surface area contributed by atoms with E-state index in [1.807, 2.05) is 18.2 Å². The fourth-order valence-electron chi connectivity index (χ4n) is 7.97. The van der Waals surface area contributed by atoms with Gasteiger partial charge in [-0.15, -0.1) is 4.36 Å². The summed E-state index contributed by atoms with van der Waals surface area (Å²) in [6, 6.07) is 11.4. The molecule has 5 atom stereocenters. The first-order valence-electron chi connectivity index (χ1n) is 17.6. The zero-order valence-electron chi connectivity index (χ0n) is 29.8. The number of methoxy groups -OCH3 is 1. The summed E-state index contributed by atoms with van der Waals surface area (Å²) < 4.78 is 42.2. The van der Waals surface area contributed by atoms with Gasteiger partial charge in [0.1, 0.15) is 11.4 Å². The van der Waals surface area contributed by atoms with Gasteiger partial charge in [0.2, 0.25) is 0 Å². The minimum absolute atomic E-state index is 0.117. The summed E-state index contributed by atoms with van der Waals surface area (Å²) in [5, 5.41) is 4.90. The Morgan fingerprint density at radius 3 is 2.73 bits per heavy atom. The number of ether oxygens (including phenoxy) is 3. The van der Waals surface area contributed by atoms with E-state index in [4.69, 9.17) is 25.8 Å². The van der Waals surface area contributed by atoms with Gasteiger partial charge in [0.15, 0.2) is 9.92 Å². The number of rotatable bonds is 3. The number of nitrogens with one attached hydrogen (secondary N) is 1. The molecule has 2 aliphatic carbocycles. The molecule has 13 heteroatoms. The lowest BCUT2D eigenvalue weighted by Gasteiger charge is -2.46. The first kappa shape index (κ1) is 35.7. The van der Waals surface area contributed by atoms with Crippen molar-refractivity contribution < 1.29 is 28.0 Å². The molecule has 2 aliphatic heterocycles. The summed E-state index contributed by atoms with van der Waals surface area (Å²) in [6.45, 7) is 6.87. The lowest BCUT2D eigenvalue weighted by Crippen LogP contribution is -2.49. The van der Waals surface area contributed by atoms with Gasteiger partial charge in [-0.2, -0.15) is 5.10 Å². The van der Waals surface area contributed by atoms with Crippen LogP contribution < -0.4 is 14.4 Å². The summed E-state index contributed by atoms with van der Waals surface area (Å²) in [5.41, 5.74) is 2.28. The maximum Gasteiger partial charge on any atom is 0.287 e. The number of carbonyl (C=O) groups excluding carboxylic acids is 2. The lowest BCUT2D eigenvalue weighted by atomic mass is 9.68. The van der Waals surface area contributed by atoms with E-state index in [2.05, 4.69) is 31.2 Å². The van der Waals surface area contributed by atoms with Crippen molar-refractivity contribution in [3.63, 3.8) is 0 Å². The summed E-state index contributed by atoms with van der Waals surface area (Å²) in [5.74, 6) is -0.186. The van der Waals surface area contributed by atoms with E-state index in [1.165, 1.54) is 17.3 Å². The summed E-state index contributed by atoms with van der Waals surface area (Å²) >= 11 is 6.47. The molecular formula is C38H46ClN5O6S. The zero-order chi connectivity index (χ0) is 36.1. The van der Waals surface area contributed by atoms with Gasteiger partial charge in [0, 0.05) is 43.4 Å². The SMILES string of the molecule is CO[C@@H]1/C=C\COC(C)(C)C(=O)N=S(=O)(NC(=O)c2cnn(C)c2C)c2ccc3c(c2)N(C[C@@H]2CC[C@H]21)C[C@@]1(CCCc2cc(Cl)ccc21)CO3. The van der Waals surface area contributed by atoms with E-state index < -0.39 is 27.3 Å². The van der Waals surface area contributed by atoms with Crippen LogP contribution in [0, 0.1) is 18.8 Å². The average Bonchev–Trinajstić information content (AvgIpc) is 3.34. The molecular weight excluding hydrogens is 690 g/mol. The Bertz CT molecular complexity index is 2020. The monoisotopic (exact) mass is 735 g/mol. The lowest BCUT2D eigenvalue weighted by molar-refractivity contribution is -0.137. The van der Waals surface area contributed by atoms with Gasteiger partial charge in [0.25, 0.3) is 11.8 Å². The van der Waals surface area contributed by atoms with Crippen molar-refractivity contribution in [3.8, 4) is 5.75 Å². The Labute approximate surface area is 305 Å². The van der Waals surface area contributed by atoms with Crippen LogP contribution in [-0.4, -0.2) is 70.9 Å². The number of hydrogen-bond donors (Lipinski definition) is 1. The van der Waals surface area contributed by atoms with E-state index in [0.717, 1.165) is 42.8 Å². The molecule has 272 valence electrons. The standard InChI is InChI=1S/C38H46ClN5O6S/c1-24-30(20-40-43(24)4)35(45)41-51(47)28-12-15-34-32(19-28)44(22-38(23-49-34)16-6-8-25-18-27(39)11-14-31(25)38)21-26-10-13-29(26)33(48-5)9-7-17-50-37(2,3)36(46)42-51/h7,9,11-12,14-15,18-20,26,29,33H,6,8,10,13,16-17,21-23H2,1-5H3,(H,41,42,45,46,47)/b9-7-/t26-,29+,33+,38-,51?/m0/s1. The number of carbonyl (C=O) groups is 2. The van der Waals surface area contributed by atoms with Crippen LogP contribution >= 0.6 is 11.6 Å². The predicted molar refractivity (Wildman–Crippen MR) is 196 cm³/mol. The molecule has 0 radical (unpaired) electrons. The van der Waals surface area contributed by atoms with E-state index >= 15 is 4.21 Å². The number of aromatic nitrogens is 2. The van der Waals surface area contributed by atoms with Gasteiger partial charge in [0.05, 0.1) is 41.7 Å². The predicted octanol–water partition coefficient (Wildman–Crippen LogP) is 5.96. The van der Waals surface area contributed by atoms with Crippen LogP contribution in [0.25, 0.3) is 0 Å². The Morgan fingerprint density at radius 1 is 1.18 bits per heavy atom. The van der Waals surface area contributed by atoms with Crippen molar-refractivity contribution >= 4 is 39.0 Å². The van der Waals surface area contributed by atoms with E-state index in [1.54, 1.807) is 57.8 Å². The highest BCUT2D eigenvalue weighted by atomic mass is 35.5. The van der Waals surface area contributed by atoms with Crippen LogP contribution in [0.2, 0.25) is 5.02 Å². The van der Waals surface area contributed by atoms with Gasteiger partial charge in [-0.25, -0.2) is 4.21 Å². The van der Waals surface area contributed by atoms with Crippen LogP contribution in [0.15, 0.2) is 64.0 Å². The van der Waals surface area contributed by atoms with Crippen molar-refractivity contribution in [2.75, 3.05) is 38.3 Å². The molecule has 51 heavy (non-hydrogen) atoms. The van der Waals surface area contributed by atoms with Crippen LogP contribution in [-0.2, 0) is 43.1 Å². The Balaban J connectivity index is 1.38. The summed E-state index contributed by atoms with van der Waals surface area (Å²) in [6.07, 6.45) is 10.1. The van der Waals surface area contributed by atoms with Crippen molar-refractivity contribution in [2.45, 2.75) is 74.9 Å². The highest BCUT2D eigenvalue weighted by molar-refractivity contribution is 7.92. The summed E-state index contributed by atoms with van der Waals surface area (Å²) in [7, 11) is -0.443. The first-order chi connectivity index (χ1) is 24.3. The minimum atomic E-state index is -3.89. The molecule has 1 unspecified atom stereocenters. The topological polar surface area (TPSA) is 124 Å². The summed E-state index contributed by atoms with van der Waals surface area (Å²) in [4.78, 5) is 30.1. The third kappa shape index (κ3) is 6.71. The van der Waals surface area contributed by atoms with Crippen LogP contribution in [0.3, 0.4) is 0 Å². The largest absolute Gasteiger partial charge is 0.490 e. The zero-order valence-corrected chi connectivity index (χ0v) is 31.4. The molecule has 4 aliphatic rings. The molecule has 1 aromatic heterocycles. The van der Waals surface area contributed by atoms with Gasteiger partial charge in [-0.1, -0.05) is 29.8 Å². The van der Waals surface area contributed by atoms with Crippen LogP contribution in [0.4, 0.5) is 5.69 Å². The molecule has 2 amide bonds. The molecule has 3 heterocycles. The molecule has 1 fully saturated rings. The number of halogens is 1. The maximum atomic E-state index is 15.1. The number of nitrogens with zero attached hydrogens (tertiary/aromatic N) is 4. The van der Waals surface area contributed by atoms with Crippen LogP contribution in [0.1, 0.15) is 66.7 Å². The van der Waals surface area contributed by atoms with Crippen molar-refractivity contribution in [2.24, 2.45) is 23.2 Å². The number of aryl methyl sites for hydroxylation is 2. The smallest absolute Gasteiger partial charge is 0.287 e. The molecule has 1 spiro atoms. The molecule has 3 aromatic rings. The number of anilines is 1. The number of benzene rings is 2. The molecule has 1 N–H and O–H groups in total. The third-order valence-electron chi connectivity index (χ3n) is 11.3. The Morgan fingerprint density at radius 2 is 2.00 bits per heavy atom. The first-order valence-corrected chi connectivity index (χ1v) is 19.5. The number of hydrogen-bond acceptors (Lipinski definition) is 8. The highest BCUT2D eigenvalue weighted by Crippen LogP contribution is 2.47. The molecule has 7 rings (SSSR count). The van der Waals surface area contributed by atoms with E-state index in [-0.39, 0.29) is 34.5 Å². The second-order valence-electron chi connectivity index (χ2n) is 14.8. The fraction of sp³-hybridized carbons (Fsp3) is 0.500. The Kier molecular flexibility index (Phi) is 9.58. The molecule has 1 saturated carbocycles. The van der Waals surface area contributed by atoms with E-state index in [0.29, 0.717) is 37.1 Å². The fourth-order valence-corrected chi connectivity index (χ4v) is 9.77. The van der Waals surface area contributed by atoms with Crippen molar-refractivity contribution in [1.29, 1.82) is 0 Å². The second-order valence-corrected chi connectivity index (χ2v) is 17.2. The van der Waals surface area contributed by atoms with Crippen molar-refractivity contribution in [1.82, 2.24) is 14.5 Å². The average molecular weight is 736 g/mol. The number of amides is 2. The minimum Gasteiger partial charge on any atom is -0.490 e. The Hall–Kier alpha value is -3.71. The van der Waals surface area contributed by atoms with Gasteiger partial charge in [-0.3, -0.25) is 19.0 Å².